The summed E-state index contributed by atoms with van der Waals surface area (Å²) in [6.45, 7) is 2.04. The van der Waals surface area contributed by atoms with Crippen molar-refractivity contribution >= 4 is 5.91 Å². The van der Waals surface area contributed by atoms with Crippen molar-refractivity contribution in [3.05, 3.63) is 84.4 Å². The van der Waals surface area contributed by atoms with Gasteiger partial charge in [-0.25, -0.2) is 9.67 Å². The van der Waals surface area contributed by atoms with Crippen LogP contribution in [0, 0.1) is 6.92 Å². The van der Waals surface area contributed by atoms with Gasteiger partial charge in [0.1, 0.15) is 5.82 Å². The number of benzene rings is 2. The lowest BCUT2D eigenvalue weighted by atomic mass is 10.1. The van der Waals surface area contributed by atoms with E-state index in [4.69, 9.17) is 5.73 Å². The standard InChI is InChI=1S/C20H17N5O/c1-14-12-17(25-10-3-8-23-25)6-7-18(14)20-22-9-11-24(20)16-5-2-4-15(13-16)19(21)26/h2-13H,1H3,(H2,21,26). The predicted octanol–water partition coefficient (Wildman–Crippen LogP) is 3.13. The number of amides is 1. The summed E-state index contributed by atoms with van der Waals surface area (Å²) in [5.74, 6) is 0.351. The zero-order valence-corrected chi connectivity index (χ0v) is 14.2. The molecule has 0 aliphatic carbocycles. The average Bonchev–Trinajstić information content (AvgIpc) is 3.33. The van der Waals surface area contributed by atoms with Gasteiger partial charge >= 0.3 is 0 Å². The lowest BCUT2D eigenvalue weighted by Crippen LogP contribution is -2.11. The van der Waals surface area contributed by atoms with E-state index in [1.165, 1.54) is 0 Å². The molecule has 0 aliphatic rings. The summed E-state index contributed by atoms with van der Waals surface area (Å²) < 4.78 is 3.77. The Labute approximate surface area is 150 Å². The minimum absolute atomic E-state index is 0.451. The highest BCUT2D eigenvalue weighted by Gasteiger charge is 2.12. The van der Waals surface area contributed by atoms with Crippen LogP contribution >= 0.6 is 0 Å². The molecule has 4 rings (SSSR count). The molecule has 2 aromatic carbocycles. The lowest BCUT2D eigenvalue weighted by molar-refractivity contribution is 0.100. The molecule has 0 saturated heterocycles. The molecule has 1 amide bonds. The predicted molar refractivity (Wildman–Crippen MR) is 99.4 cm³/mol. The third-order valence-electron chi connectivity index (χ3n) is 4.27. The number of nitrogens with two attached hydrogens (primary N) is 1. The molecule has 26 heavy (non-hydrogen) atoms. The Morgan fingerprint density at radius 2 is 1.88 bits per heavy atom. The number of imidazole rings is 1. The van der Waals surface area contributed by atoms with Crippen LogP contribution in [0.15, 0.2) is 73.3 Å². The number of hydrogen-bond donors (Lipinski definition) is 1. The normalized spacial score (nSPS) is 10.8. The first kappa shape index (κ1) is 15.8. The maximum atomic E-state index is 11.5. The van der Waals surface area contributed by atoms with Gasteiger partial charge in [-0.2, -0.15) is 5.10 Å². The van der Waals surface area contributed by atoms with Crippen molar-refractivity contribution in [3.63, 3.8) is 0 Å². The molecule has 2 N–H and O–H groups in total. The fourth-order valence-corrected chi connectivity index (χ4v) is 2.98. The molecule has 4 aromatic rings. The zero-order chi connectivity index (χ0) is 18.1. The van der Waals surface area contributed by atoms with Gasteiger partial charge in [0.2, 0.25) is 5.91 Å². The van der Waals surface area contributed by atoms with Crippen molar-refractivity contribution < 1.29 is 4.79 Å². The van der Waals surface area contributed by atoms with Gasteiger partial charge in [0.05, 0.1) is 5.69 Å². The van der Waals surface area contributed by atoms with Crippen LogP contribution in [0.4, 0.5) is 0 Å². The van der Waals surface area contributed by atoms with E-state index in [0.717, 1.165) is 28.3 Å². The van der Waals surface area contributed by atoms with Crippen LogP contribution in [0.1, 0.15) is 15.9 Å². The highest BCUT2D eigenvalue weighted by atomic mass is 16.1. The van der Waals surface area contributed by atoms with Gasteiger partial charge in [0.25, 0.3) is 0 Å². The molecule has 0 spiro atoms. The first-order valence-electron chi connectivity index (χ1n) is 8.18. The van der Waals surface area contributed by atoms with Crippen LogP contribution in [-0.2, 0) is 0 Å². The number of carbonyl (C=O) groups is 1. The van der Waals surface area contributed by atoms with Gasteiger partial charge < -0.3 is 5.73 Å². The molecule has 0 atom stereocenters. The smallest absolute Gasteiger partial charge is 0.248 e. The van der Waals surface area contributed by atoms with Crippen molar-refractivity contribution in [2.24, 2.45) is 5.73 Å². The molecule has 0 unspecified atom stereocenters. The Hall–Kier alpha value is -3.67. The van der Waals surface area contributed by atoms with E-state index in [1.807, 2.05) is 58.9 Å². The maximum Gasteiger partial charge on any atom is 0.248 e. The van der Waals surface area contributed by atoms with Gasteiger partial charge in [-0.3, -0.25) is 9.36 Å². The number of rotatable bonds is 4. The molecule has 0 radical (unpaired) electrons. The number of hydrogen-bond acceptors (Lipinski definition) is 3. The minimum atomic E-state index is -0.451. The minimum Gasteiger partial charge on any atom is -0.366 e. The SMILES string of the molecule is Cc1cc(-n2cccn2)ccc1-c1nccn1-c1cccc(C(N)=O)c1. The van der Waals surface area contributed by atoms with Crippen molar-refractivity contribution in [1.29, 1.82) is 0 Å². The van der Waals surface area contributed by atoms with E-state index in [-0.39, 0.29) is 0 Å². The Balaban J connectivity index is 1.78. The summed E-state index contributed by atoms with van der Waals surface area (Å²) in [6.07, 6.45) is 7.27. The van der Waals surface area contributed by atoms with Gasteiger partial charge in [0.15, 0.2) is 0 Å². The van der Waals surface area contributed by atoms with E-state index in [2.05, 4.69) is 16.1 Å². The van der Waals surface area contributed by atoms with Crippen molar-refractivity contribution in [2.45, 2.75) is 6.92 Å². The van der Waals surface area contributed by atoms with E-state index in [0.29, 0.717) is 5.56 Å². The first-order valence-corrected chi connectivity index (χ1v) is 8.18. The van der Waals surface area contributed by atoms with Crippen molar-refractivity contribution in [3.8, 4) is 22.8 Å². The summed E-state index contributed by atoms with van der Waals surface area (Å²) in [6, 6.07) is 15.2. The summed E-state index contributed by atoms with van der Waals surface area (Å²) in [5, 5.41) is 4.26. The average molecular weight is 343 g/mol. The molecule has 2 heterocycles. The molecule has 0 bridgehead atoms. The highest BCUT2D eigenvalue weighted by molar-refractivity contribution is 5.93. The number of aryl methyl sites for hydroxylation is 1. The quantitative estimate of drug-likeness (QED) is 0.618. The summed E-state index contributed by atoms with van der Waals surface area (Å²) in [7, 11) is 0. The van der Waals surface area contributed by atoms with Crippen LogP contribution < -0.4 is 5.73 Å². The van der Waals surface area contributed by atoms with Crippen LogP contribution in [0.25, 0.3) is 22.8 Å². The van der Waals surface area contributed by atoms with Crippen molar-refractivity contribution in [2.75, 3.05) is 0 Å². The lowest BCUT2D eigenvalue weighted by Gasteiger charge is -2.12. The third-order valence-corrected chi connectivity index (χ3v) is 4.27. The molecular weight excluding hydrogens is 326 g/mol. The summed E-state index contributed by atoms with van der Waals surface area (Å²) in [4.78, 5) is 16.0. The Bertz CT molecular complexity index is 1080. The van der Waals surface area contributed by atoms with Crippen LogP contribution in [-0.4, -0.2) is 25.2 Å². The second-order valence-corrected chi connectivity index (χ2v) is 5.99. The molecule has 0 aliphatic heterocycles. The Morgan fingerprint density at radius 1 is 1.00 bits per heavy atom. The second-order valence-electron chi connectivity index (χ2n) is 5.99. The largest absolute Gasteiger partial charge is 0.366 e. The number of primary amides is 1. The molecule has 6 heteroatoms. The Morgan fingerprint density at radius 3 is 2.62 bits per heavy atom. The molecule has 128 valence electrons. The van der Waals surface area contributed by atoms with E-state index < -0.39 is 5.91 Å². The Kier molecular flexibility index (Phi) is 3.85. The van der Waals surface area contributed by atoms with E-state index >= 15 is 0 Å². The van der Waals surface area contributed by atoms with Gasteiger partial charge in [-0.1, -0.05) is 6.07 Å². The molecule has 0 saturated carbocycles. The molecule has 6 nitrogen and oxygen atoms in total. The monoisotopic (exact) mass is 343 g/mol. The topological polar surface area (TPSA) is 78.7 Å². The number of nitrogens with zero attached hydrogens (tertiary/aromatic N) is 4. The maximum absolute atomic E-state index is 11.5. The third kappa shape index (κ3) is 2.77. The van der Waals surface area contributed by atoms with E-state index in [1.54, 1.807) is 24.5 Å². The zero-order valence-electron chi connectivity index (χ0n) is 14.2. The summed E-state index contributed by atoms with van der Waals surface area (Å²) in [5.41, 5.74) is 9.78. The molecular formula is C20H17N5O. The number of aromatic nitrogens is 4. The van der Waals surface area contributed by atoms with Crippen LogP contribution in [0.5, 0.6) is 0 Å². The van der Waals surface area contributed by atoms with Crippen LogP contribution in [0.2, 0.25) is 0 Å². The van der Waals surface area contributed by atoms with Crippen LogP contribution in [0.3, 0.4) is 0 Å². The van der Waals surface area contributed by atoms with Gasteiger partial charge in [0, 0.05) is 41.6 Å². The number of carbonyl (C=O) groups excluding carboxylic acids is 1. The fraction of sp³-hybridized carbons (Fsp3) is 0.0500. The molecule has 0 fully saturated rings. The molecule has 2 aromatic heterocycles. The van der Waals surface area contributed by atoms with E-state index in [9.17, 15) is 4.79 Å². The van der Waals surface area contributed by atoms with Gasteiger partial charge in [-0.05, 0) is 55.0 Å². The summed E-state index contributed by atoms with van der Waals surface area (Å²) >= 11 is 0. The fourth-order valence-electron chi connectivity index (χ4n) is 2.98. The van der Waals surface area contributed by atoms with Crippen molar-refractivity contribution in [1.82, 2.24) is 19.3 Å². The van der Waals surface area contributed by atoms with Gasteiger partial charge in [-0.15, -0.1) is 0 Å². The highest BCUT2D eigenvalue weighted by Crippen LogP contribution is 2.26. The second kappa shape index (κ2) is 6.33. The first-order chi connectivity index (χ1) is 12.6.